The van der Waals surface area contributed by atoms with Crippen LogP contribution in [0.15, 0.2) is 53.5 Å². The maximum absolute atomic E-state index is 11.0. The van der Waals surface area contributed by atoms with Crippen LogP contribution in [-0.2, 0) is 9.59 Å². The van der Waals surface area contributed by atoms with E-state index in [9.17, 15) is 9.59 Å². The minimum absolute atomic E-state index is 0.120. The average molecular weight is 326 g/mol. The Kier molecular flexibility index (Phi) is 5.68. The van der Waals surface area contributed by atoms with Crippen molar-refractivity contribution in [3.8, 4) is 5.75 Å². The number of carbonyl (C=O) groups is 2. The second-order valence-electron chi connectivity index (χ2n) is 5.15. The molecule has 2 N–H and O–H groups in total. The number of carboxylic acid groups (broad SMARTS) is 1. The van der Waals surface area contributed by atoms with Crippen LogP contribution >= 0.6 is 0 Å². The van der Waals surface area contributed by atoms with Gasteiger partial charge in [-0.3, -0.25) is 9.79 Å². The fourth-order valence-electron chi connectivity index (χ4n) is 1.87. The van der Waals surface area contributed by atoms with Gasteiger partial charge in [-0.05, 0) is 61.0 Å². The minimum atomic E-state index is -1.01. The summed E-state index contributed by atoms with van der Waals surface area (Å²) in [7, 11) is 0. The van der Waals surface area contributed by atoms with Gasteiger partial charge in [0.1, 0.15) is 5.75 Å². The van der Waals surface area contributed by atoms with Crippen molar-refractivity contribution in [2.45, 2.75) is 20.0 Å². The molecule has 0 fully saturated rings. The fraction of sp³-hybridized carbons (Fsp3) is 0.167. The molecule has 2 aromatic carbocycles. The first kappa shape index (κ1) is 17.2. The molecule has 0 bridgehead atoms. The maximum atomic E-state index is 11.0. The van der Waals surface area contributed by atoms with Crippen LogP contribution in [0.3, 0.4) is 0 Å². The first-order chi connectivity index (χ1) is 11.4. The number of aliphatic imine (C=N–C) groups is 1. The summed E-state index contributed by atoms with van der Waals surface area (Å²) in [6, 6.07) is 14.1. The highest BCUT2D eigenvalue weighted by atomic mass is 16.5. The van der Waals surface area contributed by atoms with Gasteiger partial charge in [0.05, 0.1) is 5.69 Å². The van der Waals surface area contributed by atoms with Crippen molar-refractivity contribution < 1.29 is 19.4 Å². The van der Waals surface area contributed by atoms with Crippen LogP contribution in [0.5, 0.6) is 5.75 Å². The monoisotopic (exact) mass is 326 g/mol. The Morgan fingerprint density at radius 2 is 1.75 bits per heavy atom. The zero-order chi connectivity index (χ0) is 17.5. The van der Waals surface area contributed by atoms with E-state index >= 15 is 0 Å². The predicted octanol–water partition coefficient (Wildman–Crippen LogP) is 3.25. The first-order valence-corrected chi connectivity index (χ1v) is 7.35. The number of nitrogens with one attached hydrogen (secondary N) is 1. The third-order valence-electron chi connectivity index (χ3n) is 3.09. The lowest BCUT2D eigenvalue weighted by molar-refractivity contribution is -0.144. The predicted molar refractivity (Wildman–Crippen MR) is 92.2 cm³/mol. The molecule has 0 heterocycles. The maximum Gasteiger partial charge on any atom is 0.344 e. The van der Waals surface area contributed by atoms with Crippen LogP contribution in [0.2, 0.25) is 0 Å². The van der Waals surface area contributed by atoms with Crippen LogP contribution in [0.25, 0.3) is 0 Å². The lowest BCUT2D eigenvalue weighted by Crippen LogP contribution is -2.22. The van der Waals surface area contributed by atoms with E-state index in [4.69, 9.17) is 9.84 Å². The summed E-state index contributed by atoms with van der Waals surface area (Å²) < 4.78 is 5.26. The lowest BCUT2D eigenvalue weighted by atomic mass is 10.2. The van der Waals surface area contributed by atoms with Gasteiger partial charge in [-0.1, -0.05) is 0 Å². The van der Waals surface area contributed by atoms with Crippen molar-refractivity contribution >= 4 is 29.5 Å². The third-order valence-corrected chi connectivity index (χ3v) is 3.09. The van der Waals surface area contributed by atoms with Crippen molar-refractivity contribution in [2.75, 3.05) is 5.32 Å². The van der Waals surface area contributed by atoms with Crippen LogP contribution in [0.1, 0.15) is 19.4 Å². The molecule has 1 atom stereocenters. The lowest BCUT2D eigenvalue weighted by Gasteiger charge is -2.09. The molecular formula is C18H18N2O4. The van der Waals surface area contributed by atoms with Crippen molar-refractivity contribution in [1.29, 1.82) is 0 Å². The van der Waals surface area contributed by atoms with Crippen molar-refractivity contribution in [2.24, 2.45) is 4.99 Å². The number of ether oxygens (including phenoxy) is 1. The highest BCUT2D eigenvalue weighted by molar-refractivity contribution is 5.89. The molecule has 0 radical (unpaired) electrons. The zero-order valence-electron chi connectivity index (χ0n) is 13.4. The summed E-state index contributed by atoms with van der Waals surface area (Å²) in [5.74, 6) is -0.643. The third kappa shape index (κ3) is 5.24. The molecule has 2 aromatic rings. The van der Waals surface area contributed by atoms with Crippen LogP contribution in [0, 0.1) is 0 Å². The Bertz CT molecular complexity index is 737. The number of amides is 1. The van der Waals surface area contributed by atoms with Crippen molar-refractivity contribution in [3.63, 3.8) is 0 Å². The number of carboxylic acids is 1. The molecule has 124 valence electrons. The number of benzene rings is 2. The van der Waals surface area contributed by atoms with Gasteiger partial charge in [-0.15, -0.1) is 0 Å². The molecule has 24 heavy (non-hydrogen) atoms. The van der Waals surface area contributed by atoms with E-state index in [1.165, 1.54) is 13.8 Å². The number of aliphatic carboxylic acids is 1. The van der Waals surface area contributed by atoms with Crippen LogP contribution < -0.4 is 10.1 Å². The van der Waals surface area contributed by atoms with Crippen molar-refractivity contribution in [3.05, 3.63) is 54.1 Å². The van der Waals surface area contributed by atoms with Gasteiger partial charge in [0.25, 0.3) is 0 Å². The molecule has 0 aliphatic carbocycles. The van der Waals surface area contributed by atoms with E-state index in [0.717, 1.165) is 16.9 Å². The molecule has 6 nitrogen and oxygen atoms in total. The van der Waals surface area contributed by atoms with Crippen LogP contribution in [-0.4, -0.2) is 29.3 Å². The van der Waals surface area contributed by atoms with E-state index < -0.39 is 12.1 Å². The molecule has 0 aliphatic rings. The SMILES string of the molecule is CC(=O)Nc1ccc(N=Cc2ccc(O[C@@H](C)C(=O)O)cc2)cc1. The molecule has 0 spiro atoms. The quantitative estimate of drug-likeness (QED) is 0.798. The molecule has 0 aromatic heterocycles. The second kappa shape index (κ2) is 7.92. The molecule has 0 saturated heterocycles. The van der Waals surface area contributed by atoms with Gasteiger partial charge in [0, 0.05) is 18.8 Å². The number of rotatable bonds is 6. The highest BCUT2D eigenvalue weighted by Crippen LogP contribution is 2.17. The van der Waals surface area contributed by atoms with E-state index in [-0.39, 0.29) is 5.91 Å². The zero-order valence-corrected chi connectivity index (χ0v) is 13.4. The summed E-state index contributed by atoms with van der Waals surface area (Å²) in [5.41, 5.74) is 2.33. The smallest absolute Gasteiger partial charge is 0.344 e. The fourth-order valence-corrected chi connectivity index (χ4v) is 1.87. The van der Waals surface area contributed by atoms with E-state index in [2.05, 4.69) is 10.3 Å². The highest BCUT2D eigenvalue weighted by Gasteiger charge is 2.11. The number of hydrogen-bond donors (Lipinski definition) is 2. The van der Waals surface area contributed by atoms with Gasteiger partial charge in [-0.25, -0.2) is 4.79 Å². The average Bonchev–Trinajstić information content (AvgIpc) is 2.55. The second-order valence-corrected chi connectivity index (χ2v) is 5.15. The minimum Gasteiger partial charge on any atom is -0.479 e. The molecule has 2 rings (SSSR count). The Hall–Kier alpha value is -3.15. The summed E-state index contributed by atoms with van der Waals surface area (Å²) in [5, 5.41) is 11.5. The molecular weight excluding hydrogens is 308 g/mol. The topological polar surface area (TPSA) is 88.0 Å². The Morgan fingerprint density at radius 1 is 1.12 bits per heavy atom. The van der Waals surface area contributed by atoms with Crippen LogP contribution in [0.4, 0.5) is 11.4 Å². The number of hydrogen-bond acceptors (Lipinski definition) is 4. The molecule has 0 aliphatic heterocycles. The summed E-state index contributed by atoms with van der Waals surface area (Å²) in [6.45, 7) is 2.93. The van der Waals surface area contributed by atoms with E-state index in [1.807, 2.05) is 0 Å². The summed E-state index contributed by atoms with van der Waals surface area (Å²) in [4.78, 5) is 26.0. The number of nitrogens with zero attached hydrogens (tertiary/aromatic N) is 1. The van der Waals surface area contributed by atoms with Crippen molar-refractivity contribution in [1.82, 2.24) is 0 Å². The standard InChI is InChI=1S/C18H18N2O4/c1-12(18(22)23)24-17-9-3-14(4-10-17)11-19-15-5-7-16(8-6-15)20-13(2)21/h3-12H,1-2H3,(H,20,21)(H,22,23)/t12-/m0/s1. The number of anilines is 1. The van der Waals surface area contributed by atoms with Gasteiger partial charge < -0.3 is 15.2 Å². The molecule has 0 saturated carbocycles. The molecule has 1 amide bonds. The van der Waals surface area contributed by atoms with Gasteiger partial charge in [-0.2, -0.15) is 0 Å². The molecule has 0 unspecified atom stereocenters. The van der Waals surface area contributed by atoms with E-state index in [0.29, 0.717) is 5.75 Å². The summed E-state index contributed by atoms with van der Waals surface area (Å²) >= 11 is 0. The van der Waals surface area contributed by atoms with Gasteiger partial charge in [0.2, 0.25) is 5.91 Å². The summed E-state index contributed by atoms with van der Waals surface area (Å²) in [6.07, 6.45) is 0.796. The first-order valence-electron chi connectivity index (χ1n) is 7.35. The normalized spacial score (nSPS) is 11.9. The molecule has 6 heteroatoms. The van der Waals surface area contributed by atoms with Gasteiger partial charge >= 0.3 is 5.97 Å². The number of carbonyl (C=O) groups excluding carboxylic acids is 1. The van der Waals surface area contributed by atoms with E-state index in [1.54, 1.807) is 54.7 Å². The Labute approximate surface area is 139 Å². The Morgan fingerprint density at radius 3 is 2.29 bits per heavy atom. The van der Waals surface area contributed by atoms with Gasteiger partial charge in [0.15, 0.2) is 6.10 Å². The largest absolute Gasteiger partial charge is 0.479 e. The Balaban J connectivity index is 1.98.